The van der Waals surface area contributed by atoms with Gasteiger partial charge in [-0.1, -0.05) is 13.8 Å². The molecule has 2 unspecified atom stereocenters. The molecule has 0 N–H and O–H groups in total. The highest BCUT2D eigenvalue weighted by Gasteiger charge is 2.42. The number of methoxy groups -OCH3 is 1. The van der Waals surface area contributed by atoms with Crippen molar-refractivity contribution in [2.45, 2.75) is 39.4 Å². The molecule has 0 heterocycles. The third kappa shape index (κ3) is 4.22. The number of nitrogens with zero attached hydrogens (tertiary/aromatic N) is 2. The summed E-state index contributed by atoms with van der Waals surface area (Å²) in [5.41, 5.74) is -2.03. The zero-order valence-electron chi connectivity index (χ0n) is 15.8. The van der Waals surface area contributed by atoms with Crippen molar-refractivity contribution in [3.05, 3.63) is 55.6 Å². The number of nitro groups is 2. The van der Waals surface area contributed by atoms with Crippen LogP contribution in [0.1, 0.15) is 37.6 Å². The Kier molecular flexibility index (Phi) is 5.93. The summed E-state index contributed by atoms with van der Waals surface area (Å²) in [7, 11) is 1.41. The fourth-order valence-electron chi connectivity index (χ4n) is 3.08. The Balaban J connectivity index is 2.39. The largest absolute Gasteiger partial charge is 0.455 e. The highest BCUT2D eigenvalue weighted by Crippen LogP contribution is 2.36. The first-order valence-electron chi connectivity index (χ1n) is 8.36. The van der Waals surface area contributed by atoms with Crippen LogP contribution in [0.3, 0.4) is 0 Å². The molecule has 0 aliphatic heterocycles. The predicted octanol–water partition coefficient (Wildman–Crippen LogP) is 2.99. The number of rotatable bonds is 5. The molecular weight excluding hydrogens is 372 g/mol. The number of allylic oxidation sites excluding steroid dienone is 1. The number of carbonyl (C=O) groups excluding carboxylic acids is 2. The summed E-state index contributed by atoms with van der Waals surface area (Å²) in [6.45, 7) is 5.15. The van der Waals surface area contributed by atoms with Crippen LogP contribution in [0.2, 0.25) is 0 Å². The third-order valence-corrected chi connectivity index (χ3v) is 4.65. The Morgan fingerprint density at radius 1 is 1.18 bits per heavy atom. The number of benzene rings is 1. The molecule has 1 aliphatic carbocycles. The van der Waals surface area contributed by atoms with Crippen LogP contribution in [0.5, 0.6) is 0 Å². The van der Waals surface area contributed by atoms with E-state index in [1.165, 1.54) is 7.11 Å². The standard InChI is InChI=1S/C18H20N2O8/c1-10-7-15(27-4)16(18(2,3)9-14(10)21)28-17(22)11-5-6-12(19(23)24)13(8-11)20(25)26/h5-8,15-16H,9H2,1-4H3. The third-order valence-electron chi connectivity index (χ3n) is 4.65. The Hall–Kier alpha value is -3.14. The number of nitro benzene ring substituents is 2. The lowest BCUT2D eigenvalue weighted by Gasteiger charge is -2.35. The van der Waals surface area contributed by atoms with Crippen LogP contribution < -0.4 is 0 Å². The Bertz CT molecular complexity index is 874. The number of hydrogen-bond donors (Lipinski definition) is 0. The van der Waals surface area contributed by atoms with Crippen LogP contribution >= 0.6 is 0 Å². The van der Waals surface area contributed by atoms with E-state index in [1.807, 2.05) is 0 Å². The Morgan fingerprint density at radius 3 is 2.32 bits per heavy atom. The van der Waals surface area contributed by atoms with E-state index in [-0.39, 0.29) is 17.8 Å². The van der Waals surface area contributed by atoms with Crippen molar-refractivity contribution >= 4 is 23.1 Å². The molecule has 2 rings (SSSR count). The molecule has 1 aromatic rings. The quantitative estimate of drug-likeness (QED) is 0.423. The monoisotopic (exact) mass is 392 g/mol. The minimum atomic E-state index is -0.937. The molecule has 0 aromatic heterocycles. The summed E-state index contributed by atoms with van der Waals surface area (Å²) in [6.07, 6.45) is 0.153. The first kappa shape index (κ1) is 21.2. The maximum atomic E-state index is 12.6. The van der Waals surface area contributed by atoms with Crippen LogP contribution in [0, 0.1) is 25.6 Å². The van der Waals surface area contributed by atoms with Crippen molar-refractivity contribution in [2.75, 3.05) is 7.11 Å². The first-order valence-corrected chi connectivity index (χ1v) is 8.36. The van der Waals surface area contributed by atoms with Gasteiger partial charge < -0.3 is 9.47 Å². The van der Waals surface area contributed by atoms with E-state index in [0.717, 1.165) is 18.2 Å². The van der Waals surface area contributed by atoms with Gasteiger partial charge >= 0.3 is 17.3 Å². The molecule has 0 bridgehead atoms. The lowest BCUT2D eigenvalue weighted by Crippen LogP contribution is -2.43. The van der Waals surface area contributed by atoms with Gasteiger partial charge in [-0.25, -0.2) is 4.79 Å². The maximum Gasteiger partial charge on any atom is 0.346 e. The van der Waals surface area contributed by atoms with Crippen molar-refractivity contribution in [1.29, 1.82) is 0 Å². The van der Waals surface area contributed by atoms with E-state index >= 15 is 0 Å². The molecule has 0 saturated carbocycles. The zero-order chi connectivity index (χ0) is 21.2. The summed E-state index contributed by atoms with van der Waals surface area (Å²) in [5, 5.41) is 22.0. The van der Waals surface area contributed by atoms with E-state index in [1.54, 1.807) is 26.8 Å². The molecule has 1 aromatic carbocycles. The summed E-state index contributed by atoms with van der Waals surface area (Å²) in [6, 6.07) is 2.78. The van der Waals surface area contributed by atoms with E-state index < -0.39 is 44.8 Å². The predicted molar refractivity (Wildman–Crippen MR) is 96.9 cm³/mol. The van der Waals surface area contributed by atoms with Crippen LogP contribution in [-0.2, 0) is 14.3 Å². The highest BCUT2D eigenvalue weighted by atomic mass is 16.6. The van der Waals surface area contributed by atoms with Crippen LogP contribution in [0.15, 0.2) is 29.8 Å². The van der Waals surface area contributed by atoms with Crippen LogP contribution in [0.25, 0.3) is 0 Å². The van der Waals surface area contributed by atoms with Gasteiger partial charge in [0.2, 0.25) is 0 Å². The number of hydrogen-bond acceptors (Lipinski definition) is 8. The maximum absolute atomic E-state index is 12.6. The fraction of sp³-hybridized carbons (Fsp3) is 0.444. The lowest BCUT2D eigenvalue weighted by molar-refractivity contribution is -0.422. The summed E-state index contributed by atoms with van der Waals surface area (Å²) in [4.78, 5) is 45.0. The van der Waals surface area contributed by atoms with E-state index in [0.29, 0.717) is 5.57 Å². The molecular formula is C18H20N2O8. The Labute approximate surface area is 160 Å². The average Bonchev–Trinajstić information content (AvgIpc) is 2.69. The van der Waals surface area contributed by atoms with Crippen LogP contribution in [0.4, 0.5) is 11.4 Å². The molecule has 10 heteroatoms. The number of carbonyl (C=O) groups is 2. The molecule has 0 radical (unpaired) electrons. The number of ketones is 1. The SMILES string of the molecule is COC1C=C(C)C(=O)CC(C)(C)C1OC(=O)c1ccc([N+](=O)[O-])c([N+](=O)[O-])c1. The van der Waals surface area contributed by atoms with Crippen molar-refractivity contribution in [1.82, 2.24) is 0 Å². The number of Topliss-reactive ketones (excluding diaryl/α,β-unsaturated/α-hetero) is 1. The van der Waals surface area contributed by atoms with Crippen molar-refractivity contribution < 1.29 is 28.9 Å². The van der Waals surface area contributed by atoms with Gasteiger partial charge in [-0.05, 0) is 24.6 Å². The second kappa shape index (κ2) is 7.85. The van der Waals surface area contributed by atoms with Gasteiger partial charge in [0.1, 0.15) is 12.2 Å². The molecule has 2 atom stereocenters. The van der Waals surface area contributed by atoms with E-state index in [9.17, 15) is 29.8 Å². The van der Waals surface area contributed by atoms with Gasteiger partial charge in [-0.3, -0.25) is 25.0 Å². The minimum absolute atomic E-state index is 0.100. The topological polar surface area (TPSA) is 139 Å². The zero-order valence-corrected chi connectivity index (χ0v) is 15.8. The van der Waals surface area contributed by atoms with E-state index in [2.05, 4.69) is 0 Å². The molecule has 0 spiro atoms. The molecule has 0 amide bonds. The summed E-state index contributed by atoms with van der Waals surface area (Å²) >= 11 is 0. The van der Waals surface area contributed by atoms with Crippen molar-refractivity contribution in [2.24, 2.45) is 5.41 Å². The molecule has 1 aliphatic rings. The van der Waals surface area contributed by atoms with Gasteiger partial charge in [0.15, 0.2) is 5.78 Å². The van der Waals surface area contributed by atoms with Gasteiger partial charge in [-0.2, -0.15) is 0 Å². The molecule has 0 fully saturated rings. The summed E-state index contributed by atoms with van der Waals surface area (Å²) in [5.74, 6) is -1.00. The Morgan fingerprint density at radius 2 is 1.79 bits per heavy atom. The number of esters is 1. The second-order valence-electron chi connectivity index (χ2n) is 7.18. The van der Waals surface area contributed by atoms with Crippen LogP contribution in [-0.4, -0.2) is 40.9 Å². The van der Waals surface area contributed by atoms with Crippen molar-refractivity contribution in [3.8, 4) is 0 Å². The number of ether oxygens (including phenoxy) is 2. The van der Waals surface area contributed by atoms with Gasteiger partial charge in [0.25, 0.3) is 0 Å². The minimum Gasteiger partial charge on any atom is -0.455 e. The van der Waals surface area contributed by atoms with Gasteiger partial charge in [-0.15, -0.1) is 0 Å². The average molecular weight is 392 g/mol. The highest BCUT2D eigenvalue weighted by molar-refractivity contribution is 5.96. The molecule has 28 heavy (non-hydrogen) atoms. The molecule has 150 valence electrons. The van der Waals surface area contributed by atoms with Gasteiger partial charge in [0, 0.05) is 31.1 Å². The fourth-order valence-corrected chi connectivity index (χ4v) is 3.08. The first-order chi connectivity index (χ1) is 13.0. The lowest BCUT2D eigenvalue weighted by atomic mass is 9.80. The molecule has 10 nitrogen and oxygen atoms in total. The normalized spacial score (nSPS) is 21.4. The molecule has 0 saturated heterocycles. The van der Waals surface area contributed by atoms with Crippen molar-refractivity contribution in [3.63, 3.8) is 0 Å². The smallest absolute Gasteiger partial charge is 0.346 e. The second-order valence-corrected chi connectivity index (χ2v) is 7.18. The van der Waals surface area contributed by atoms with E-state index in [4.69, 9.17) is 9.47 Å². The summed E-state index contributed by atoms with van der Waals surface area (Å²) < 4.78 is 10.9. The van der Waals surface area contributed by atoms with Gasteiger partial charge in [0.05, 0.1) is 15.4 Å².